The Bertz CT molecular complexity index is 453. The molecule has 0 aliphatic heterocycles. The number of nitrogens with one attached hydrogen (secondary N) is 1. The van der Waals surface area contributed by atoms with Gasteiger partial charge in [-0.1, -0.05) is 43.0 Å². The summed E-state index contributed by atoms with van der Waals surface area (Å²) in [6.45, 7) is 3.89. The summed E-state index contributed by atoms with van der Waals surface area (Å²) in [6, 6.07) is 8.78. The van der Waals surface area contributed by atoms with Crippen LogP contribution < -0.4 is 5.32 Å². The van der Waals surface area contributed by atoms with E-state index in [4.69, 9.17) is 16.3 Å². The maximum absolute atomic E-state index is 6.01. The lowest BCUT2D eigenvalue weighted by Crippen LogP contribution is -2.64. The van der Waals surface area contributed by atoms with E-state index in [1.807, 2.05) is 12.1 Å². The molecule has 3 heteroatoms. The van der Waals surface area contributed by atoms with Gasteiger partial charge in [0.2, 0.25) is 0 Å². The molecular weight excluding hydrogens is 282 g/mol. The fourth-order valence-corrected chi connectivity index (χ4v) is 4.32. The molecule has 3 rings (SSSR count). The monoisotopic (exact) mass is 307 g/mol. The number of ether oxygens (including phenoxy) is 1. The predicted octanol–water partition coefficient (Wildman–Crippen LogP) is 4.56. The quantitative estimate of drug-likeness (QED) is 0.861. The van der Waals surface area contributed by atoms with Gasteiger partial charge in [-0.05, 0) is 43.9 Å². The molecule has 2 fully saturated rings. The van der Waals surface area contributed by atoms with Crippen LogP contribution in [0.5, 0.6) is 0 Å². The summed E-state index contributed by atoms with van der Waals surface area (Å²) in [6.07, 6.45) is 8.42. The standard InChI is InChI=1S/C18H26ClNO/c1-2-21-17-12-16(18(17)10-4-3-5-11-18)20-13-14-6-8-15(19)9-7-14/h6-9,16-17,20H,2-5,10-13H2,1H3. The Morgan fingerprint density at radius 3 is 2.57 bits per heavy atom. The van der Waals surface area contributed by atoms with Gasteiger partial charge in [0.25, 0.3) is 0 Å². The van der Waals surface area contributed by atoms with Crippen molar-refractivity contribution < 1.29 is 4.74 Å². The van der Waals surface area contributed by atoms with Gasteiger partial charge in [-0.25, -0.2) is 0 Å². The molecule has 21 heavy (non-hydrogen) atoms. The highest BCUT2D eigenvalue weighted by Gasteiger charge is 2.55. The molecule has 0 radical (unpaired) electrons. The molecule has 2 nitrogen and oxygen atoms in total. The fraction of sp³-hybridized carbons (Fsp3) is 0.667. The SMILES string of the molecule is CCOC1CC(NCc2ccc(Cl)cc2)C12CCCCC2. The van der Waals surface area contributed by atoms with Crippen molar-refractivity contribution >= 4 is 11.6 Å². The molecule has 0 aromatic heterocycles. The summed E-state index contributed by atoms with van der Waals surface area (Å²) in [5.41, 5.74) is 1.71. The summed E-state index contributed by atoms with van der Waals surface area (Å²) in [7, 11) is 0. The van der Waals surface area contributed by atoms with E-state index in [2.05, 4.69) is 24.4 Å². The Balaban J connectivity index is 1.60. The van der Waals surface area contributed by atoms with Crippen LogP contribution in [-0.4, -0.2) is 18.8 Å². The van der Waals surface area contributed by atoms with Crippen LogP contribution in [0.3, 0.4) is 0 Å². The third kappa shape index (κ3) is 3.13. The average Bonchev–Trinajstić information content (AvgIpc) is 2.52. The molecule has 0 saturated heterocycles. The number of hydrogen-bond donors (Lipinski definition) is 1. The van der Waals surface area contributed by atoms with E-state index in [0.717, 1.165) is 18.2 Å². The van der Waals surface area contributed by atoms with Gasteiger partial charge in [-0.15, -0.1) is 0 Å². The third-order valence-electron chi connectivity index (χ3n) is 5.40. The van der Waals surface area contributed by atoms with Crippen LogP contribution in [0.4, 0.5) is 0 Å². The van der Waals surface area contributed by atoms with Crippen LogP contribution in [0, 0.1) is 5.41 Å². The molecule has 1 spiro atoms. The first-order valence-electron chi connectivity index (χ1n) is 8.34. The van der Waals surface area contributed by atoms with Crippen molar-refractivity contribution in [1.82, 2.24) is 5.32 Å². The number of hydrogen-bond acceptors (Lipinski definition) is 2. The van der Waals surface area contributed by atoms with Gasteiger partial charge in [-0.3, -0.25) is 0 Å². The summed E-state index contributed by atoms with van der Waals surface area (Å²) in [5, 5.41) is 4.59. The molecule has 0 amide bonds. The summed E-state index contributed by atoms with van der Waals surface area (Å²) in [4.78, 5) is 0. The molecule has 0 heterocycles. The van der Waals surface area contributed by atoms with E-state index < -0.39 is 0 Å². The molecule has 1 aromatic carbocycles. The number of benzene rings is 1. The van der Waals surface area contributed by atoms with Gasteiger partial charge in [0.05, 0.1) is 6.10 Å². The van der Waals surface area contributed by atoms with Crippen molar-refractivity contribution in [3.63, 3.8) is 0 Å². The van der Waals surface area contributed by atoms with Gasteiger partial charge >= 0.3 is 0 Å². The number of rotatable bonds is 5. The largest absolute Gasteiger partial charge is 0.378 e. The van der Waals surface area contributed by atoms with Crippen LogP contribution in [-0.2, 0) is 11.3 Å². The highest BCUT2D eigenvalue weighted by molar-refractivity contribution is 6.30. The van der Waals surface area contributed by atoms with Crippen molar-refractivity contribution in [3.05, 3.63) is 34.9 Å². The Kier molecular flexibility index (Phi) is 4.88. The first-order chi connectivity index (χ1) is 10.2. The Morgan fingerprint density at radius 1 is 1.19 bits per heavy atom. The zero-order chi connectivity index (χ0) is 14.7. The molecule has 2 saturated carbocycles. The van der Waals surface area contributed by atoms with Crippen LogP contribution in [0.2, 0.25) is 5.02 Å². The molecule has 2 atom stereocenters. The minimum absolute atomic E-state index is 0.403. The number of halogens is 1. The van der Waals surface area contributed by atoms with E-state index in [9.17, 15) is 0 Å². The molecule has 1 aromatic rings. The van der Waals surface area contributed by atoms with Crippen molar-refractivity contribution in [2.75, 3.05) is 6.61 Å². The zero-order valence-electron chi connectivity index (χ0n) is 12.9. The molecule has 2 unspecified atom stereocenters. The van der Waals surface area contributed by atoms with E-state index in [1.165, 1.54) is 44.1 Å². The van der Waals surface area contributed by atoms with Gasteiger partial charge in [0.1, 0.15) is 0 Å². The summed E-state index contributed by atoms with van der Waals surface area (Å²) < 4.78 is 6.01. The van der Waals surface area contributed by atoms with Gasteiger partial charge in [-0.2, -0.15) is 0 Å². The van der Waals surface area contributed by atoms with Crippen LogP contribution in [0.25, 0.3) is 0 Å². The van der Waals surface area contributed by atoms with E-state index in [-0.39, 0.29) is 0 Å². The maximum atomic E-state index is 6.01. The van der Waals surface area contributed by atoms with Gasteiger partial charge < -0.3 is 10.1 Å². The minimum atomic E-state index is 0.403. The maximum Gasteiger partial charge on any atom is 0.0661 e. The first kappa shape index (κ1) is 15.3. The minimum Gasteiger partial charge on any atom is -0.378 e. The Morgan fingerprint density at radius 2 is 1.90 bits per heavy atom. The highest BCUT2D eigenvalue weighted by atomic mass is 35.5. The lowest BCUT2D eigenvalue weighted by molar-refractivity contribution is -0.150. The van der Waals surface area contributed by atoms with Crippen molar-refractivity contribution in [1.29, 1.82) is 0 Å². The van der Waals surface area contributed by atoms with E-state index in [1.54, 1.807) is 0 Å². The lowest BCUT2D eigenvalue weighted by Gasteiger charge is -2.58. The fourth-order valence-electron chi connectivity index (χ4n) is 4.19. The van der Waals surface area contributed by atoms with Crippen molar-refractivity contribution in [2.24, 2.45) is 5.41 Å². The molecule has 2 aliphatic carbocycles. The predicted molar refractivity (Wildman–Crippen MR) is 87.6 cm³/mol. The van der Waals surface area contributed by atoms with Crippen molar-refractivity contribution in [2.45, 2.75) is 64.1 Å². The van der Waals surface area contributed by atoms with Crippen molar-refractivity contribution in [3.8, 4) is 0 Å². The second kappa shape index (κ2) is 6.68. The molecule has 2 aliphatic rings. The molecule has 1 N–H and O–H groups in total. The third-order valence-corrected chi connectivity index (χ3v) is 5.66. The smallest absolute Gasteiger partial charge is 0.0661 e. The average molecular weight is 308 g/mol. The van der Waals surface area contributed by atoms with Gasteiger partial charge in [0.15, 0.2) is 0 Å². The topological polar surface area (TPSA) is 21.3 Å². The highest BCUT2D eigenvalue weighted by Crippen LogP contribution is 2.53. The normalized spacial score (nSPS) is 27.5. The summed E-state index contributed by atoms with van der Waals surface area (Å²) in [5.74, 6) is 0. The van der Waals surface area contributed by atoms with E-state index in [0.29, 0.717) is 17.6 Å². The van der Waals surface area contributed by atoms with Crippen LogP contribution in [0.1, 0.15) is 51.0 Å². The van der Waals surface area contributed by atoms with Crippen LogP contribution >= 0.6 is 11.6 Å². The Hall–Kier alpha value is -0.570. The first-order valence-corrected chi connectivity index (χ1v) is 8.72. The lowest BCUT2D eigenvalue weighted by atomic mass is 9.55. The Labute approximate surface area is 133 Å². The molecule has 116 valence electrons. The zero-order valence-corrected chi connectivity index (χ0v) is 13.7. The van der Waals surface area contributed by atoms with E-state index >= 15 is 0 Å². The van der Waals surface area contributed by atoms with Crippen LogP contribution in [0.15, 0.2) is 24.3 Å². The second-order valence-corrected chi connectivity index (χ2v) is 6.97. The summed E-state index contributed by atoms with van der Waals surface area (Å²) >= 11 is 5.95. The van der Waals surface area contributed by atoms with Gasteiger partial charge in [0, 0.05) is 29.6 Å². The second-order valence-electron chi connectivity index (χ2n) is 6.53. The molecular formula is C18H26ClNO. The molecule has 0 bridgehead atoms.